The number of rotatable bonds is 6. The highest BCUT2D eigenvalue weighted by Gasteiger charge is 2.33. The van der Waals surface area contributed by atoms with Gasteiger partial charge in [0.05, 0.1) is 12.3 Å². The molecule has 1 amide bonds. The van der Waals surface area contributed by atoms with Crippen LogP contribution < -0.4 is 9.64 Å². The maximum absolute atomic E-state index is 12.4. The lowest BCUT2D eigenvalue weighted by molar-refractivity contribution is -0.149. The average Bonchev–Trinajstić information content (AvgIpc) is 2.51. The van der Waals surface area contributed by atoms with Crippen molar-refractivity contribution in [3.63, 3.8) is 0 Å². The molecule has 0 aromatic heterocycles. The molecule has 7 nitrogen and oxygen atoms in total. The van der Waals surface area contributed by atoms with Crippen LogP contribution in [0, 0.1) is 0 Å². The van der Waals surface area contributed by atoms with Crippen molar-refractivity contribution < 1.29 is 28.6 Å². The van der Waals surface area contributed by atoms with E-state index in [1.165, 1.54) is 18.9 Å². The molecule has 2 rings (SSSR count). The predicted octanol–water partition coefficient (Wildman–Crippen LogP) is 1.58. The minimum Gasteiger partial charge on any atom is -0.479 e. The van der Waals surface area contributed by atoms with Gasteiger partial charge in [-0.3, -0.25) is 19.3 Å². The van der Waals surface area contributed by atoms with Crippen molar-refractivity contribution in [3.8, 4) is 5.75 Å². The zero-order valence-electron chi connectivity index (χ0n) is 14.2. The lowest BCUT2D eigenvalue weighted by atomic mass is 10.1. The second kappa shape index (κ2) is 7.44. The van der Waals surface area contributed by atoms with Crippen molar-refractivity contribution in [1.82, 2.24) is 0 Å². The molecule has 2 atom stereocenters. The van der Waals surface area contributed by atoms with E-state index in [0.29, 0.717) is 17.0 Å². The Morgan fingerprint density at radius 2 is 2.08 bits per heavy atom. The van der Waals surface area contributed by atoms with E-state index in [-0.39, 0.29) is 24.8 Å². The molecule has 0 fully saturated rings. The molecule has 0 aliphatic carbocycles. The van der Waals surface area contributed by atoms with Gasteiger partial charge < -0.3 is 14.2 Å². The van der Waals surface area contributed by atoms with Gasteiger partial charge in [0.15, 0.2) is 11.9 Å². The summed E-state index contributed by atoms with van der Waals surface area (Å²) >= 11 is 0. The largest absolute Gasteiger partial charge is 0.479 e. The van der Waals surface area contributed by atoms with Gasteiger partial charge in [-0.15, -0.1) is 0 Å². The number of amides is 1. The SMILES string of the molecule is COCC(C)OC(=O)CN1C(=O)C(C)Oc2ccc(C(C)=O)cc21. The Hall–Kier alpha value is -2.41. The summed E-state index contributed by atoms with van der Waals surface area (Å²) in [6, 6.07) is 4.80. The first-order valence-corrected chi connectivity index (χ1v) is 7.65. The van der Waals surface area contributed by atoms with Crippen LogP contribution in [-0.2, 0) is 19.1 Å². The van der Waals surface area contributed by atoms with E-state index in [2.05, 4.69) is 0 Å². The molecular weight excluding hydrogens is 314 g/mol. The summed E-state index contributed by atoms with van der Waals surface area (Å²) in [6.07, 6.45) is -1.14. The van der Waals surface area contributed by atoms with E-state index in [9.17, 15) is 14.4 Å². The van der Waals surface area contributed by atoms with Crippen molar-refractivity contribution in [2.45, 2.75) is 33.0 Å². The fraction of sp³-hybridized carbons (Fsp3) is 0.471. The highest BCUT2D eigenvalue weighted by Crippen LogP contribution is 2.35. The smallest absolute Gasteiger partial charge is 0.326 e. The number of fused-ring (bicyclic) bond motifs is 1. The number of nitrogens with zero attached hydrogens (tertiary/aromatic N) is 1. The Morgan fingerprint density at radius 1 is 1.38 bits per heavy atom. The molecular formula is C17H21NO6. The third-order valence-corrected chi connectivity index (χ3v) is 3.60. The summed E-state index contributed by atoms with van der Waals surface area (Å²) in [5.41, 5.74) is 0.827. The summed E-state index contributed by atoms with van der Waals surface area (Å²) in [4.78, 5) is 37.4. The molecule has 1 aliphatic rings. The van der Waals surface area contributed by atoms with Crippen molar-refractivity contribution in [1.29, 1.82) is 0 Å². The van der Waals surface area contributed by atoms with Gasteiger partial charge in [-0.1, -0.05) is 0 Å². The quantitative estimate of drug-likeness (QED) is 0.580. The zero-order valence-corrected chi connectivity index (χ0v) is 14.2. The fourth-order valence-corrected chi connectivity index (χ4v) is 2.45. The molecule has 0 N–H and O–H groups in total. The molecule has 0 saturated heterocycles. The average molecular weight is 335 g/mol. The van der Waals surface area contributed by atoms with Gasteiger partial charge in [0, 0.05) is 12.7 Å². The van der Waals surface area contributed by atoms with Crippen molar-refractivity contribution in [2.75, 3.05) is 25.2 Å². The van der Waals surface area contributed by atoms with E-state index >= 15 is 0 Å². The Kier molecular flexibility index (Phi) is 5.56. The Bertz CT molecular complexity index is 656. The number of ether oxygens (including phenoxy) is 3. The summed E-state index contributed by atoms with van der Waals surface area (Å²) in [5.74, 6) is -0.606. The third kappa shape index (κ3) is 3.91. The number of carbonyl (C=O) groups is 3. The summed E-state index contributed by atoms with van der Waals surface area (Å²) in [5, 5.41) is 0. The summed E-state index contributed by atoms with van der Waals surface area (Å²) in [7, 11) is 1.51. The van der Waals surface area contributed by atoms with E-state index in [4.69, 9.17) is 14.2 Å². The molecule has 0 radical (unpaired) electrons. The highest BCUT2D eigenvalue weighted by atomic mass is 16.6. The van der Waals surface area contributed by atoms with E-state index in [1.807, 2.05) is 0 Å². The number of Topliss-reactive ketones (excluding diaryl/α,β-unsaturated/α-hetero) is 1. The minimum atomic E-state index is -0.718. The zero-order chi connectivity index (χ0) is 17.9. The van der Waals surface area contributed by atoms with Crippen LogP contribution >= 0.6 is 0 Å². The van der Waals surface area contributed by atoms with Crippen LogP contribution in [0.2, 0.25) is 0 Å². The Labute approximate surface area is 140 Å². The first-order chi connectivity index (χ1) is 11.3. The summed E-state index contributed by atoms with van der Waals surface area (Å²) < 4.78 is 15.7. The molecule has 1 aromatic carbocycles. The number of methoxy groups -OCH3 is 1. The molecule has 1 aliphatic heterocycles. The van der Waals surface area contributed by atoms with Crippen LogP contribution in [0.4, 0.5) is 5.69 Å². The standard InChI is InChI=1S/C17H21NO6/c1-10(9-22-4)23-16(20)8-18-14-7-13(11(2)19)5-6-15(14)24-12(3)17(18)21/h5-7,10,12H,8-9H2,1-4H3. The number of hydrogen-bond donors (Lipinski definition) is 0. The maximum atomic E-state index is 12.4. The van der Waals surface area contributed by atoms with E-state index in [0.717, 1.165) is 0 Å². The number of benzene rings is 1. The Balaban J connectivity index is 2.25. The van der Waals surface area contributed by atoms with Gasteiger partial charge in [-0.2, -0.15) is 0 Å². The monoisotopic (exact) mass is 335 g/mol. The Morgan fingerprint density at radius 3 is 2.71 bits per heavy atom. The van der Waals surface area contributed by atoms with E-state index < -0.39 is 18.2 Å². The minimum absolute atomic E-state index is 0.139. The lowest BCUT2D eigenvalue weighted by Crippen LogP contribution is -2.47. The molecule has 1 heterocycles. The number of esters is 1. The van der Waals surface area contributed by atoms with E-state index in [1.54, 1.807) is 32.0 Å². The first kappa shape index (κ1) is 17.9. The van der Waals surface area contributed by atoms with Crippen molar-refractivity contribution >= 4 is 23.3 Å². The van der Waals surface area contributed by atoms with Gasteiger partial charge in [-0.25, -0.2) is 0 Å². The van der Waals surface area contributed by atoms with Gasteiger partial charge in [0.2, 0.25) is 0 Å². The molecule has 0 spiro atoms. The van der Waals surface area contributed by atoms with Gasteiger partial charge >= 0.3 is 5.97 Å². The van der Waals surface area contributed by atoms with Crippen molar-refractivity contribution in [2.24, 2.45) is 0 Å². The van der Waals surface area contributed by atoms with Crippen LogP contribution in [0.5, 0.6) is 5.75 Å². The lowest BCUT2D eigenvalue weighted by Gasteiger charge is -2.32. The summed E-state index contributed by atoms with van der Waals surface area (Å²) in [6.45, 7) is 4.75. The maximum Gasteiger partial charge on any atom is 0.326 e. The van der Waals surface area contributed by atoms with Crippen LogP contribution in [-0.4, -0.2) is 50.1 Å². The molecule has 0 bridgehead atoms. The second-order valence-electron chi connectivity index (χ2n) is 5.68. The van der Waals surface area contributed by atoms with Gasteiger partial charge in [0.25, 0.3) is 5.91 Å². The van der Waals surface area contributed by atoms with Crippen LogP contribution in [0.3, 0.4) is 0 Å². The second-order valence-corrected chi connectivity index (χ2v) is 5.68. The molecule has 1 aromatic rings. The number of carbonyl (C=O) groups excluding carboxylic acids is 3. The van der Waals surface area contributed by atoms with Crippen LogP contribution in [0.15, 0.2) is 18.2 Å². The first-order valence-electron chi connectivity index (χ1n) is 7.65. The topological polar surface area (TPSA) is 82.1 Å². The number of ketones is 1. The molecule has 130 valence electrons. The molecule has 7 heteroatoms. The van der Waals surface area contributed by atoms with Crippen LogP contribution in [0.25, 0.3) is 0 Å². The van der Waals surface area contributed by atoms with Gasteiger partial charge in [0.1, 0.15) is 18.4 Å². The number of anilines is 1. The molecule has 2 unspecified atom stereocenters. The molecule has 24 heavy (non-hydrogen) atoms. The van der Waals surface area contributed by atoms with Crippen molar-refractivity contribution in [3.05, 3.63) is 23.8 Å². The predicted molar refractivity (Wildman–Crippen MR) is 86.3 cm³/mol. The fourth-order valence-electron chi connectivity index (χ4n) is 2.45. The molecule has 0 saturated carbocycles. The van der Waals surface area contributed by atoms with Gasteiger partial charge in [-0.05, 0) is 39.0 Å². The third-order valence-electron chi connectivity index (χ3n) is 3.60. The normalized spacial score (nSPS) is 17.8. The highest BCUT2D eigenvalue weighted by molar-refractivity contribution is 6.04. The number of hydrogen-bond acceptors (Lipinski definition) is 6. The van der Waals surface area contributed by atoms with Crippen LogP contribution in [0.1, 0.15) is 31.1 Å².